The van der Waals surface area contributed by atoms with E-state index in [2.05, 4.69) is 0 Å². The number of likely N-dealkylation sites (N-methyl/N-ethyl adjacent to an activating group) is 1. The zero-order valence-electron chi connectivity index (χ0n) is 19.3. The van der Waals surface area contributed by atoms with Gasteiger partial charge in [0.15, 0.2) is 0 Å². The van der Waals surface area contributed by atoms with Gasteiger partial charge in [0.05, 0.1) is 18.7 Å². The number of carbonyl (C=O) groups is 1. The molecule has 0 bridgehead atoms. The quantitative estimate of drug-likeness (QED) is 0.395. The standard InChI is InChI=1S/C27H25ClF3NO3/c1-17(32(2)15-25(33)34)14-26(21-8-10-23(28)11-9-21)24-12-5-19(13-20(24)16-35-26)18-3-6-22(7-4-18)27(29,30)31/h3-13,17H,14-16H2,1-2H3,(H,33,34). The van der Waals surface area contributed by atoms with E-state index in [4.69, 9.17) is 16.3 Å². The minimum atomic E-state index is -4.38. The predicted octanol–water partition coefficient (Wildman–Crippen LogP) is 6.59. The van der Waals surface area contributed by atoms with Gasteiger partial charge in [-0.15, -0.1) is 0 Å². The third-order valence-electron chi connectivity index (χ3n) is 6.59. The second-order valence-corrected chi connectivity index (χ2v) is 9.37. The summed E-state index contributed by atoms with van der Waals surface area (Å²) in [5.41, 5.74) is 2.76. The Morgan fingerprint density at radius 1 is 1.09 bits per heavy atom. The van der Waals surface area contributed by atoms with Gasteiger partial charge in [-0.05, 0) is 72.1 Å². The average Bonchev–Trinajstić information content (AvgIpc) is 3.17. The van der Waals surface area contributed by atoms with Gasteiger partial charge in [-0.2, -0.15) is 13.2 Å². The van der Waals surface area contributed by atoms with Gasteiger partial charge in [-0.3, -0.25) is 9.69 Å². The maximum absolute atomic E-state index is 12.9. The van der Waals surface area contributed by atoms with Crippen LogP contribution in [0.25, 0.3) is 11.1 Å². The summed E-state index contributed by atoms with van der Waals surface area (Å²) in [7, 11) is 1.76. The Kier molecular flexibility index (Phi) is 6.95. The number of alkyl halides is 3. The second-order valence-electron chi connectivity index (χ2n) is 8.93. The third kappa shape index (κ3) is 5.22. The van der Waals surface area contributed by atoms with Crippen LogP contribution >= 0.6 is 11.6 Å². The number of nitrogens with zero attached hydrogens (tertiary/aromatic N) is 1. The Morgan fingerprint density at radius 3 is 2.31 bits per heavy atom. The molecular formula is C27H25ClF3NO3. The van der Waals surface area contributed by atoms with Crippen LogP contribution < -0.4 is 0 Å². The van der Waals surface area contributed by atoms with E-state index in [0.29, 0.717) is 23.6 Å². The number of carboxylic acid groups (broad SMARTS) is 1. The highest BCUT2D eigenvalue weighted by Crippen LogP contribution is 2.47. The van der Waals surface area contributed by atoms with Crippen molar-refractivity contribution in [3.8, 4) is 11.1 Å². The summed E-state index contributed by atoms with van der Waals surface area (Å²) in [6.45, 7) is 2.18. The van der Waals surface area contributed by atoms with E-state index in [9.17, 15) is 23.1 Å². The van der Waals surface area contributed by atoms with Crippen LogP contribution in [0.4, 0.5) is 13.2 Å². The number of fused-ring (bicyclic) bond motifs is 1. The maximum atomic E-state index is 12.9. The van der Waals surface area contributed by atoms with Gasteiger partial charge in [0.2, 0.25) is 0 Å². The molecule has 0 radical (unpaired) electrons. The molecule has 1 heterocycles. The number of benzene rings is 3. The molecule has 0 saturated carbocycles. The SMILES string of the molecule is CC(CC1(c2ccc(Cl)cc2)OCc2cc(-c3ccc(C(F)(F)F)cc3)ccc21)N(C)CC(=O)O. The molecule has 35 heavy (non-hydrogen) atoms. The van der Waals surface area contributed by atoms with Gasteiger partial charge in [0.25, 0.3) is 0 Å². The number of hydrogen-bond donors (Lipinski definition) is 1. The number of hydrogen-bond acceptors (Lipinski definition) is 3. The molecule has 0 aliphatic carbocycles. The molecule has 0 spiro atoms. The van der Waals surface area contributed by atoms with Crippen LogP contribution in [0.15, 0.2) is 66.7 Å². The first-order valence-electron chi connectivity index (χ1n) is 11.1. The zero-order chi connectivity index (χ0) is 25.4. The first-order valence-corrected chi connectivity index (χ1v) is 11.5. The van der Waals surface area contributed by atoms with Gasteiger partial charge in [-0.1, -0.05) is 48.0 Å². The smallest absolute Gasteiger partial charge is 0.416 e. The largest absolute Gasteiger partial charge is 0.480 e. The van der Waals surface area contributed by atoms with Crippen molar-refractivity contribution < 1.29 is 27.8 Å². The van der Waals surface area contributed by atoms with E-state index >= 15 is 0 Å². The van der Waals surface area contributed by atoms with Gasteiger partial charge in [0, 0.05) is 17.5 Å². The molecule has 0 saturated heterocycles. The minimum Gasteiger partial charge on any atom is -0.480 e. The van der Waals surface area contributed by atoms with Crippen LogP contribution in [-0.2, 0) is 27.9 Å². The third-order valence-corrected chi connectivity index (χ3v) is 6.84. The van der Waals surface area contributed by atoms with E-state index in [1.54, 1.807) is 24.1 Å². The summed E-state index contributed by atoms with van der Waals surface area (Å²) in [4.78, 5) is 13.0. The van der Waals surface area contributed by atoms with Gasteiger partial charge in [0.1, 0.15) is 5.60 Å². The normalized spacial score (nSPS) is 18.5. The summed E-state index contributed by atoms with van der Waals surface area (Å²) in [5, 5.41) is 9.81. The molecule has 8 heteroatoms. The van der Waals surface area contributed by atoms with Crippen LogP contribution in [0.3, 0.4) is 0 Å². The first-order chi connectivity index (χ1) is 16.5. The van der Waals surface area contributed by atoms with Crippen molar-refractivity contribution in [3.63, 3.8) is 0 Å². The van der Waals surface area contributed by atoms with Crippen molar-refractivity contribution in [2.24, 2.45) is 0 Å². The molecule has 3 aromatic carbocycles. The molecule has 4 nitrogen and oxygen atoms in total. The highest BCUT2D eigenvalue weighted by Gasteiger charge is 2.43. The van der Waals surface area contributed by atoms with Crippen molar-refractivity contribution in [3.05, 3.63) is 94.0 Å². The number of carboxylic acids is 1. The molecule has 3 aromatic rings. The Bertz CT molecular complexity index is 1210. The summed E-state index contributed by atoms with van der Waals surface area (Å²) in [5.74, 6) is -0.909. The lowest BCUT2D eigenvalue weighted by molar-refractivity contribution is -0.139. The van der Waals surface area contributed by atoms with Crippen LogP contribution in [-0.4, -0.2) is 35.6 Å². The Labute approximate surface area is 206 Å². The monoisotopic (exact) mass is 503 g/mol. The fraction of sp³-hybridized carbons (Fsp3) is 0.296. The lowest BCUT2D eigenvalue weighted by Gasteiger charge is -2.36. The van der Waals surface area contributed by atoms with Crippen LogP contribution in [0, 0.1) is 0 Å². The minimum absolute atomic E-state index is 0.0996. The number of aliphatic carboxylic acids is 1. The highest BCUT2D eigenvalue weighted by atomic mass is 35.5. The van der Waals surface area contributed by atoms with Crippen LogP contribution in [0.1, 0.15) is 35.6 Å². The summed E-state index contributed by atoms with van der Waals surface area (Å²) >= 11 is 6.12. The lowest BCUT2D eigenvalue weighted by atomic mass is 9.80. The molecule has 184 valence electrons. The molecule has 0 amide bonds. The molecule has 2 unspecified atom stereocenters. The lowest BCUT2D eigenvalue weighted by Crippen LogP contribution is -2.40. The van der Waals surface area contributed by atoms with E-state index < -0.39 is 23.3 Å². The van der Waals surface area contributed by atoms with Crippen molar-refractivity contribution in [1.29, 1.82) is 0 Å². The first kappa shape index (κ1) is 25.2. The topological polar surface area (TPSA) is 49.8 Å². The fourth-order valence-corrected chi connectivity index (χ4v) is 4.73. The molecule has 1 aliphatic heterocycles. The van der Waals surface area contributed by atoms with Crippen LogP contribution in [0.5, 0.6) is 0 Å². The van der Waals surface area contributed by atoms with Gasteiger partial charge in [-0.25, -0.2) is 0 Å². The molecule has 0 aromatic heterocycles. The van der Waals surface area contributed by atoms with Crippen LogP contribution in [0.2, 0.25) is 5.02 Å². The number of rotatable bonds is 7. The van der Waals surface area contributed by atoms with Crippen molar-refractivity contribution in [1.82, 2.24) is 4.90 Å². The summed E-state index contributed by atoms with van der Waals surface area (Å²) < 4.78 is 45.3. The molecule has 0 fully saturated rings. The van der Waals surface area contributed by atoms with E-state index in [0.717, 1.165) is 34.4 Å². The van der Waals surface area contributed by atoms with E-state index in [-0.39, 0.29) is 12.6 Å². The molecule has 4 rings (SSSR count). The highest BCUT2D eigenvalue weighted by molar-refractivity contribution is 6.30. The fourth-order valence-electron chi connectivity index (χ4n) is 4.60. The summed E-state index contributed by atoms with van der Waals surface area (Å²) in [6, 6.07) is 18.2. The number of halogens is 4. The number of ether oxygens (including phenoxy) is 1. The van der Waals surface area contributed by atoms with Crippen molar-refractivity contribution >= 4 is 17.6 Å². The van der Waals surface area contributed by atoms with E-state index in [1.807, 2.05) is 37.3 Å². The van der Waals surface area contributed by atoms with Gasteiger partial charge < -0.3 is 9.84 Å². The zero-order valence-corrected chi connectivity index (χ0v) is 20.0. The Balaban J connectivity index is 1.71. The Morgan fingerprint density at radius 2 is 1.71 bits per heavy atom. The average molecular weight is 504 g/mol. The second kappa shape index (κ2) is 9.64. The van der Waals surface area contributed by atoms with Crippen molar-refractivity contribution in [2.75, 3.05) is 13.6 Å². The molecular weight excluding hydrogens is 479 g/mol. The molecule has 1 aliphatic rings. The van der Waals surface area contributed by atoms with Crippen molar-refractivity contribution in [2.45, 2.75) is 37.8 Å². The Hall–Kier alpha value is -2.87. The van der Waals surface area contributed by atoms with E-state index in [1.165, 1.54) is 12.1 Å². The summed E-state index contributed by atoms with van der Waals surface area (Å²) in [6.07, 6.45) is -3.88. The molecule has 2 atom stereocenters. The molecule has 1 N–H and O–H groups in total. The van der Waals surface area contributed by atoms with Gasteiger partial charge >= 0.3 is 12.1 Å². The predicted molar refractivity (Wildman–Crippen MR) is 128 cm³/mol. The maximum Gasteiger partial charge on any atom is 0.416 e.